The molecule has 1 atom stereocenters. The highest BCUT2D eigenvalue weighted by Crippen LogP contribution is 2.38. The van der Waals surface area contributed by atoms with Gasteiger partial charge in [-0.2, -0.15) is 0 Å². The molecule has 2 amide bonds. The van der Waals surface area contributed by atoms with E-state index in [1.807, 2.05) is 13.8 Å². The van der Waals surface area contributed by atoms with Gasteiger partial charge < -0.3 is 24.8 Å². The first kappa shape index (κ1) is 33.1. The maximum absolute atomic E-state index is 13.6. The lowest BCUT2D eigenvalue weighted by Gasteiger charge is -2.37. The fourth-order valence-corrected chi connectivity index (χ4v) is 4.59. The Labute approximate surface area is 244 Å². The van der Waals surface area contributed by atoms with Gasteiger partial charge in [-0.3, -0.25) is 0 Å². The van der Waals surface area contributed by atoms with Gasteiger partial charge in [-0.15, -0.1) is 26.3 Å². The molecule has 0 saturated heterocycles. The summed E-state index contributed by atoms with van der Waals surface area (Å²) in [4.78, 5) is 26.0. The first-order valence-corrected chi connectivity index (χ1v) is 13.0. The molecule has 2 N–H and O–H groups in total. The number of methoxy groups -OCH3 is 1. The summed E-state index contributed by atoms with van der Waals surface area (Å²) in [5.74, 6) is -2.04. The van der Waals surface area contributed by atoms with Gasteiger partial charge in [-0.05, 0) is 53.3 Å². The zero-order chi connectivity index (χ0) is 31.8. The number of nitrogens with one attached hydrogen (secondary N) is 2. The minimum absolute atomic E-state index is 0.0379. The number of alkyl halides is 6. The molecule has 0 spiro atoms. The highest BCUT2D eigenvalue weighted by Gasteiger charge is 2.40. The van der Waals surface area contributed by atoms with Crippen molar-refractivity contribution in [1.82, 2.24) is 10.6 Å². The monoisotopic (exact) mass is 612 g/mol. The summed E-state index contributed by atoms with van der Waals surface area (Å²) in [7, 11) is 1.15. The molecule has 0 bridgehead atoms. The second-order valence-electron chi connectivity index (χ2n) is 10.0. The Balaban J connectivity index is 2.23. The highest BCUT2D eigenvalue weighted by molar-refractivity contribution is 5.84. The van der Waals surface area contributed by atoms with Crippen LogP contribution in [0.1, 0.15) is 37.0 Å². The van der Waals surface area contributed by atoms with Gasteiger partial charge in [-0.1, -0.05) is 68.4 Å². The van der Waals surface area contributed by atoms with Crippen molar-refractivity contribution in [3.8, 4) is 11.5 Å². The minimum atomic E-state index is -5.05. The number of carbonyl (C=O) groups is 2. The van der Waals surface area contributed by atoms with Crippen LogP contribution in [0.5, 0.6) is 11.5 Å². The molecule has 0 aromatic heterocycles. The number of hydrogen-bond donors (Lipinski definition) is 2. The van der Waals surface area contributed by atoms with Crippen LogP contribution in [0, 0.1) is 5.92 Å². The quantitative estimate of drug-likeness (QED) is 0.183. The van der Waals surface area contributed by atoms with Crippen molar-refractivity contribution >= 4 is 12.0 Å². The van der Waals surface area contributed by atoms with Crippen LogP contribution >= 0.6 is 0 Å². The molecule has 0 unspecified atom stereocenters. The fourth-order valence-electron chi connectivity index (χ4n) is 4.59. The molecule has 7 nitrogen and oxygen atoms in total. The smallest absolute Gasteiger partial charge is 0.467 e. The first-order chi connectivity index (χ1) is 20.1. The van der Waals surface area contributed by atoms with E-state index in [-0.39, 0.29) is 29.9 Å². The van der Waals surface area contributed by atoms with Gasteiger partial charge in [-0.25, -0.2) is 9.59 Å². The largest absolute Gasteiger partial charge is 0.573 e. The molecule has 0 fully saturated rings. The third-order valence-corrected chi connectivity index (χ3v) is 6.26. The molecule has 0 aliphatic rings. The van der Waals surface area contributed by atoms with Crippen molar-refractivity contribution in [1.29, 1.82) is 0 Å². The van der Waals surface area contributed by atoms with E-state index in [1.165, 1.54) is 24.3 Å². The molecule has 3 rings (SSSR count). The topological polar surface area (TPSA) is 85.9 Å². The first-order valence-electron chi connectivity index (χ1n) is 13.0. The lowest BCUT2D eigenvalue weighted by molar-refractivity contribution is -0.275. The van der Waals surface area contributed by atoms with Gasteiger partial charge in [0.2, 0.25) is 0 Å². The normalized spacial score (nSPS) is 12.8. The number of benzene rings is 3. The molecule has 0 aliphatic heterocycles. The van der Waals surface area contributed by atoms with Crippen LogP contribution in [-0.2, 0) is 21.5 Å². The average molecular weight is 613 g/mol. The molecular weight excluding hydrogens is 582 g/mol. The lowest BCUT2D eigenvalue weighted by Crippen LogP contribution is -2.55. The second kappa shape index (κ2) is 13.7. The van der Waals surface area contributed by atoms with Crippen LogP contribution < -0.4 is 20.1 Å². The third-order valence-electron chi connectivity index (χ3n) is 6.26. The standard InChI is InChI=1S/C30H30F6N2O5/c1-19(2)15-25(26(39)41-3)37-27(40)38-28(18-20-9-5-4-6-10-20,21-11-7-13-23(16-21)42-29(31,32)33)22-12-8-14-24(17-22)43-30(34,35)36/h4-14,16-17,19,25H,15,18H2,1-3H3,(H2,37,38,40)/t25-/m1/s1. The third kappa shape index (κ3) is 9.83. The summed E-state index contributed by atoms with van der Waals surface area (Å²) >= 11 is 0. The van der Waals surface area contributed by atoms with Gasteiger partial charge in [0.1, 0.15) is 17.5 Å². The zero-order valence-corrected chi connectivity index (χ0v) is 23.4. The summed E-state index contributed by atoms with van der Waals surface area (Å²) in [6.07, 6.45) is -10.0. The molecule has 232 valence electrons. The molecule has 43 heavy (non-hydrogen) atoms. The van der Waals surface area contributed by atoms with E-state index in [9.17, 15) is 35.9 Å². The molecule has 3 aromatic rings. The molecule has 0 radical (unpaired) electrons. The number of ether oxygens (including phenoxy) is 3. The SMILES string of the molecule is COC(=O)[C@@H](CC(C)C)NC(=O)NC(Cc1ccccc1)(c1cccc(OC(F)(F)F)c1)c1cccc(OC(F)(F)F)c1. The van der Waals surface area contributed by atoms with Crippen molar-refractivity contribution in [3.63, 3.8) is 0 Å². The van der Waals surface area contributed by atoms with Crippen molar-refractivity contribution < 1.29 is 50.1 Å². The number of rotatable bonds is 11. The number of urea groups is 1. The fraction of sp³-hybridized carbons (Fsp3) is 0.333. The van der Waals surface area contributed by atoms with Crippen molar-refractivity contribution in [3.05, 3.63) is 95.6 Å². The Hall–Kier alpha value is -4.42. The van der Waals surface area contributed by atoms with E-state index in [2.05, 4.69) is 20.1 Å². The van der Waals surface area contributed by atoms with Crippen LogP contribution in [0.25, 0.3) is 0 Å². The Kier molecular flexibility index (Phi) is 10.5. The zero-order valence-electron chi connectivity index (χ0n) is 23.4. The van der Waals surface area contributed by atoms with Crippen molar-refractivity contribution in [2.45, 2.75) is 51.0 Å². The molecule has 0 aliphatic carbocycles. The number of carbonyl (C=O) groups excluding carboxylic acids is 2. The minimum Gasteiger partial charge on any atom is -0.467 e. The predicted octanol–water partition coefficient (Wildman–Crippen LogP) is 6.86. The second-order valence-corrected chi connectivity index (χ2v) is 10.0. The van der Waals surface area contributed by atoms with E-state index >= 15 is 0 Å². The molecule has 0 saturated carbocycles. The van der Waals surface area contributed by atoms with Gasteiger partial charge in [0, 0.05) is 6.42 Å². The predicted molar refractivity (Wildman–Crippen MR) is 144 cm³/mol. The van der Waals surface area contributed by atoms with E-state index in [0.29, 0.717) is 5.56 Å². The summed E-state index contributed by atoms with van der Waals surface area (Å²) in [5, 5.41) is 5.28. The van der Waals surface area contributed by atoms with Gasteiger partial charge in [0.15, 0.2) is 0 Å². The lowest BCUT2D eigenvalue weighted by atomic mass is 9.77. The van der Waals surface area contributed by atoms with E-state index in [0.717, 1.165) is 31.4 Å². The van der Waals surface area contributed by atoms with Crippen LogP contribution in [-0.4, -0.2) is 37.9 Å². The number of esters is 1. The van der Waals surface area contributed by atoms with Gasteiger partial charge in [0.05, 0.1) is 12.6 Å². The Morgan fingerprint density at radius 1 is 0.767 bits per heavy atom. The average Bonchev–Trinajstić information content (AvgIpc) is 2.90. The van der Waals surface area contributed by atoms with Gasteiger partial charge >= 0.3 is 24.7 Å². The summed E-state index contributed by atoms with van der Waals surface area (Å²) in [6.45, 7) is 3.63. The van der Waals surface area contributed by atoms with E-state index in [1.54, 1.807) is 30.3 Å². The van der Waals surface area contributed by atoms with Crippen LogP contribution in [0.4, 0.5) is 31.1 Å². The number of amides is 2. The van der Waals surface area contributed by atoms with E-state index in [4.69, 9.17) is 4.74 Å². The maximum atomic E-state index is 13.6. The molecular formula is C30H30F6N2O5. The summed E-state index contributed by atoms with van der Waals surface area (Å²) in [6, 6.07) is 15.9. The molecule has 3 aromatic carbocycles. The van der Waals surface area contributed by atoms with E-state index < -0.39 is 47.8 Å². The van der Waals surface area contributed by atoms with Crippen LogP contribution in [0.3, 0.4) is 0 Å². The van der Waals surface area contributed by atoms with Gasteiger partial charge in [0.25, 0.3) is 0 Å². The van der Waals surface area contributed by atoms with Crippen molar-refractivity contribution in [2.75, 3.05) is 7.11 Å². The summed E-state index contributed by atoms with van der Waals surface area (Å²) < 4.78 is 91.9. The van der Waals surface area contributed by atoms with Crippen LogP contribution in [0.2, 0.25) is 0 Å². The molecule has 0 heterocycles. The molecule has 13 heteroatoms. The Morgan fingerprint density at radius 3 is 1.72 bits per heavy atom. The Morgan fingerprint density at radius 2 is 1.28 bits per heavy atom. The number of halogens is 6. The van der Waals surface area contributed by atoms with Crippen LogP contribution in [0.15, 0.2) is 78.9 Å². The van der Waals surface area contributed by atoms with Crippen molar-refractivity contribution in [2.24, 2.45) is 5.92 Å². The Bertz CT molecular complexity index is 1320. The summed E-state index contributed by atoms with van der Waals surface area (Å²) in [5.41, 5.74) is -1.16. The maximum Gasteiger partial charge on any atom is 0.573 e. The number of hydrogen-bond acceptors (Lipinski definition) is 5. The highest BCUT2D eigenvalue weighted by atomic mass is 19.4.